The molecule has 0 radical (unpaired) electrons. The summed E-state index contributed by atoms with van der Waals surface area (Å²) in [6.45, 7) is 4.37. The molecular weight excluding hydrogens is 204 g/mol. The highest BCUT2D eigenvalue weighted by Crippen LogP contribution is 2.22. The monoisotopic (exact) mass is 226 g/mol. The first-order valence-corrected chi connectivity index (χ1v) is 5.79. The van der Waals surface area contributed by atoms with Crippen LogP contribution >= 0.6 is 0 Å². The molecule has 1 N–H and O–H groups in total. The molecule has 4 heteroatoms. The fourth-order valence-electron chi connectivity index (χ4n) is 1.44. The van der Waals surface area contributed by atoms with Crippen molar-refractivity contribution in [2.45, 2.75) is 39.5 Å². The van der Waals surface area contributed by atoms with Crippen LogP contribution in [0, 0.1) is 16.7 Å². The first-order valence-electron chi connectivity index (χ1n) is 5.79. The van der Waals surface area contributed by atoms with Gasteiger partial charge >= 0.3 is 0 Å². The molecule has 0 bridgehead atoms. The lowest BCUT2D eigenvalue weighted by Crippen LogP contribution is -2.39. The zero-order valence-corrected chi connectivity index (χ0v) is 10.5. The van der Waals surface area contributed by atoms with Crippen LogP contribution in [-0.2, 0) is 4.79 Å². The van der Waals surface area contributed by atoms with E-state index in [-0.39, 0.29) is 12.5 Å². The Morgan fingerprint density at radius 2 is 2.06 bits per heavy atom. The Bertz CT molecular complexity index is 260. The van der Waals surface area contributed by atoms with Crippen LogP contribution in [0.2, 0.25) is 0 Å². The van der Waals surface area contributed by atoms with Gasteiger partial charge in [0, 0.05) is 20.2 Å². The van der Waals surface area contributed by atoms with Gasteiger partial charge in [-0.2, -0.15) is 5.26 Å². The predicted molar refractivity (Wildman–Crippen MR) is 62.6 cm³/mol. The Morgan fingerprint density at radius 3 is 2.50 bits per heavy atom. The number of amides is 1. The van der Waals surface area contributed by atoms with Gasteiger partial charge < -0.3 is 10.0 Å². The Kier molecular flexibility index (Phi) is 6.75. The van der Waals surface area contributed by atoms with E-state index in [1.807, 2.05) is 6.92 Å². The van der Waals surface area contributed by atoms with Crippen molar-refractivity contribution in [1.29, 1.82) is 5.26 Å². The minimum atomic E-state index is -0.897. The SMILES string of the molecule is CCC(C)(C#N)C(=O)N(C)CCCCCO. The molecule has 1 amide bonds. The number of nitriles is 1. The Morgan fingerprint density at radius 1 is 1.44 bits per heavy atom. The predicted octanol–water partition coefficient (Wildman–Crippen LogP) is 1.55. The summed E-state index contributed by atoms with van der Waals surface area (Å²) in [4.78, 5) is 13.6. The van der Waals surface area contributed by atoms with E-state index in [4.69, 9.17) is 10.4 Å². The molecule has 16 heavy (non-hydrogen) atoms. The number of unbranched alkanes of at least 4 members (excludes halogenated alkanes) is 2. The van der Waals surface area contributed by atoms with Gasteiger partial charge in [0.05, 0.1) is 6.07 Å². The first-order chi connectivity index (χ1) is 7.51. The van der Waals surface area contributed by atoms with Crippen LogP contribution in [0.15, 0.2) is 0 Å². The number of hydrogen-bond donors (Lipinski definition) is 1. The molecule has 0 aliphatic heterocycles. The van der Waals surface area contributed by atoms with E-state index in [2.05, 4.69) is 6.07 Å². The lowest BCUT2D eigenvalue weighted by Gasteiger charge is -2.26. The van der Waals surface area contributed by atoms with Crippen molar-refractivity contribution in [2.75, 3.05) is 20.2 Å². The fourth-order valence-corrected chi connectivity index (χ4v) is 1.44. The van der Waals surface area contributed by atoms with E-state index in [9.17, 15) is 4.79 Å². The van der Waals surface area contributed by atoms with Gasteiger partial charge in [-0.25, -0.2) is 0 Å². The summed E-state index contributed by atoms with van der Waals surface area (Å²) >= 11 is 0. The number of hydrogen-bond acceptors (Lipinski definition) is 3. The van der Waals surface area contributed by atoms with Crippen molar-refractivity contribution < 1.29 is 9.90 Å². The molecule has 1 atom stereocenters. The summed E-state index contributed by atoms with van der Waals surface area (Å²) in [6, 6.07) is 2.08. The molecule has 0 rings (SSSR count). The zero-order chi connectivity index (χ0) is 12.6. The summed E-state index contributed by atoms with van der Waals surface area (Å²) in [5.41, 5.74) is -0.897. The van der Waals surface area contributed by atoms with E-state index in [1.54, 1.807) is 18.9 Å². The van der Waals surface area contributed by atoms with Crippen LogP contribution in [0.3, 0.4) is 0 Å². The Hall–Kier alpha value is -1.08. The van der Waals surface area contributed by atoms with E-state index in [1.165, 1.54) is 0 Å². The Balaban J connectivity index is 4.13. The highest BCUT2D eigenvalue weighted by atomic mass is 16.2. The van der Waals surface area contributed by atoms with Crippen LogP contribution in [-0.4, -0.2) is 36.1 Å². The quantitative estimate of drug-likeness (QED) is 0.670. The van der Waals surface area contributed by atoms with Gasteiger partial charge in [-0.15, -0.1) is 0 Å². The van der Waals surface area contributed by atoms with Crippen molar-refractivity contribution in [3.8, 4) is 6.07 Å². The molecule has 0 aliphatic rings. The number of carbonyl (C=O) groups excluding carboxylic acids is 1. The lowest BCUT2D eigenvalue weighted by atomic mass is 9.88. The summed E-state index contributed by atoms with van der Waals surface area (Å²) < 4.78 is 0. The highest BCUT2D eigenvalue weighted by molar-refractivity contribution is 5.84. The molecule has 4 nitrogen and oxygen atoms in total. The Labute approximate surface area is 97.9 Å². The third-order valence-electron chi connectivity index (χ3n) is 2.92. The summed E-state index contributed by atoms with van der Waals surface area (Å²) in [7, 11) is 1.73. The highest BCUT2D eigenvalue weighted by Gasteiger charge is 2.33. The minimum Gasteiger partial charge on any atom is -0.396 e. The lowest BCUT2D eigenvalue weighted by molar-refractivity contribution is -0.137. The zero-order valence-electron chi connectivity index (χ0n) is 10.5. The van der Waals surface area contributed by atoms with E-state index in [0.29, 0.717) is 13.0 Å². The van der Waals surface area contributed by atoms with Crippen LogP contribution in [0.25, 0.3) is 0 Å². The van der Waals surface area contributed by atoms with Crippen molar-refractivity contribution >= 4 is 5.91 Å². The van der Waals surface area contributed by atoms with Gasteiger partial charge in [0.25, 0.3) is 0 Å². The standard InChI is InChI=1S/C12H22N2O2/c1-4-12(2,10-13)11(16)14(3)8-6-5-7-9-15/h15H,4-9H2,1-3H3. The van der Waals surface area contributed by atoms with Gasteiger partial charge in [0.2, 0.25) is 5.91 Å². The van der Waals surface area contributed by atoms with E-state index >= 15 is 0 Å². The van der Waals surface area contributed by atoms with Gasteiger partial charge in [-0.3, -0.25) is 4.79 Å². The molecule has 0 saturated heterocycles. The summed E-state index contributed by atoms with van der Waals surface area (Å²) in [5, 5.41) is 17.6. The smallest absolute Gasteiger partial charge is 0.242 e. The van der Waals surface area contributed by atoms with E-state index < -0.39 is 5.41 Å². The van der Waals surface area contributed by atoms with Gasteiger partial charge in [-0.05, 0) is 32.6 Å². The molecule has 92 valence electrons. The molecule has 0 saturated carbocycles. The van der Waals surface area contributed by atoms with Crippen LogP contribution < -0.4 is 0 Å². The van der Waals surface area contributed by atoms with E-state index in [0.717, 1.165) is 19.3 Å². The van der Waals surface area contributed by atoms with Crippen molar-refractivity contribution in [2.24, 2.45) is 5.41 Å². The summed E-state index contributed by atoms with van der Waals surface area (Å²) in [5.74, 6) is -0.110. The average Bonchev–Trinajstić information content (AvgIpc) is 2.32. The molecular formula is C12H22N2O2. The topological polar surface area (TPSA) is 64.3 Å². The average molecular weight is 226 g/mol. The number of rotatable bonds is 7. The van der Waals surface area contributed by atoms with Crippen molar-refractivity contribution in [3.63, 3.8) is 0 Å². The minimum absolute atomic E-state index is 0.110. The first kappa shape index (κ1) is 14.9. The van der Waals surface area contributed by atoms with Crippen LogP contribution in [0.5, 0.6) is 0 Å². The fraction of sp³-hybridized carbons (Fsp3) is 0.833. The maximum absolute atomic E-state index is 11.9. The number of nitrogens with zero attached hydrogens (tertiary/aromatic N) is 2. The molecule has 1 unspecified atom stereocenters. The molecule has 0 aliphatic carbocycles. The molecule has 0 spiro atoms. The molecule has 0 heterocycles. The molecule has 0 aromatic rings. The third-order valence-corrected chi connectivity index (χ3v) is 2.92. The van der Waals surface area contributed by atoms with Gasteiger partial charge in [-0.1, -0.05) is 6.92 Å². The summed E-state index contributed by atoms with van der Waals surface area (Å²) in [6.07, 6.45) is 3.08. The number of aliphatic hydroxyl groups excluding tert-OH is 1. The van der Waals surface area contributed by atoms with Crippen molar-refractivity contribution in [1.82, 2.24) is 4.90 Å². The second-order valence-corrected chi connectivity index (χ2v) is 4.31. The maximum atomic E-state index is 11.9. The molecule has 0 aromatic heterocycles. The molecule has 0 fully saturated rings. The third kappa shape index (κ3) is 4.19. The van der Waals surface area contributed by atoms with Crippen LogP contribution in [0.1, 0.15) is 39.5 Å². The largest absolute Gasteiger partial charge is 0.396 e. The second-order valence-electron chi connectivity index (χ2n) is 4.31. The second kappa shape index (κ2) is 7.24. The van der Waals surface area contributed by atoms with Crippen LogP contribution in [0.4, 0.5) is 0 Å². The van der Waals surface area contributed by atoms with Crippen molar-refractivity contribution in [3.05, 3.63) is 0 Å². The van der Waals surface area contributed by atoms with Gasteiger partial charge in [0.15, 0.2) is 0 Å². The number of carbonyl (C=O) groups is 1. The maximum Gasteiger partial charge on any atom is 0.242 e. The van der Waals surface area contributed by atoms with Gasteiger partial charge in [0.1, 0.15) is 5.41 Å². The number of aliphatic hydroxyl groups is 1. The molecule has 0 aromatic carbocycles. The normalized spacial score (nSPS) is 13.9.